The molecule has 1 aliphatic carbocycles. The Morgan fingerprint density at radius 3 is 2.22 bits per heavy atom. The van der Waals surface area contributed by atoms with E-state index in [9.17, 15) is 0 Å². The second-order valence-electron chi connectivity index (χ2n) is 2.90. The number of nitrogens with two attached hydrogens (primary N) is 1. The van der Waals surface area contributed by atoms with E-state index in [2.05, 4.69) is 0 Å². The second-order valence-corrected chi connectivity index (χ2v) is 2.90. The highest BCUT2D eigenvalue weighted by Crippen LogP contribution is 2.34. The lowest BCUT2D eigenvalue weighted by Crippen LogP contribution is -2.34. The first-order chi connectivity index (χ1) is 4.25. The Bertz CT molecular complexity index is 86.9. The number of ether oxygens (including phenoxy) is 1. The molecule has 1 saturated carbocycles. The third-order valence-corrected chi connectivity index (χ3v) is 1.88. The molecule has 0 amide bonds. The van der Waals surface area contributed by atoms with Gasteiger partial charge in [0.1, 0.15) is 0 Å². The highest BCUT2D eigenvalue weighted by molar-refractivity contribution is 4.86. The molecule has 2 nitrogen and oxygen atoms in total. The fraction of sp³-hybridized carbons (Fsp3) is 1.00. The molecule has 0 aromatic heterocycles. The van der Waals surface area contributed by atoms with Gasteiger partial charge >= 0.3 is 0 Å². The van der Waals surface area contributed by atoms with Gasteiger partial charge in [0.25, 0.3) is 0 Å². The summed E-state index contributed by atoms with van der Waals surface area (Å²) in [6, 6.07) is 0.197. The number of hydrogen-bond donors (Lipinski definition) is 1. The fourth-order valence-electron chi connectivity index (χ4n) is 1.26. The summed E-state index contributed by atoms with van der Waals surface area (Å²) in [6.45, 7) is 2.01. The van der Waals surface area contributed by atoms with Crippen molar-refractivity contribution in [2.45, 2.75) is 31.9 Å². The first-order valence-corrected chi connectivity index (χ1v) is 3.54. The van der Waals surface area contributed by atoms with Gasteiger partial charge < -0.3 is 10.5 Å². The van der Waals surface area contributed by atoms with Crippen molar-refractivity contribution >= 4 is 0 Å². The molecule has 2 heteroatoms. The van der Waals surface area contributed by atoms with Crippen LogP contribution >= 0.6 is 0 Å². The summed E-state index contributed by atoms with van der Waals surface area (Å²) in [7, 11) is 1.74. The summed E-state index contributed by atoms with van der Waals surface area (Å²) in [5.41, 5.74) is 5.66. The van der Waals surface area contributed by atoms with E-state index in [1.165, 1.54) is 12.8 Å². The summed E-state index contributed by atoms with van der Waals surface area (Å²) in [6.07, 6.45) is 2.92. The molecule has 0 aromatic rings. The number of rotatable bonds is 3. The summed E-state index contributed by atoms with van der Waals surface area (Å²) in [5.74, 6) is 0.759. The monoisotopic (exact) mass is 129 g/mol. The Balaban J connectivity index is 2.28. The second kappa shape index (κ2) is 2.67. The normalized spacial score (nSPS) is 25.7. The molecule has 0 aliphatic heterocycles. The zero-order chi connectivity index (χ0) is 6.85. The van der Waals surface area contributed by atoms with Crippen molar-refractivity contribution < 1.29 is 4.74 Å². The molecule has 9 heavy (non-hydrogen) atoms. The first-order valence-electron chi connectivity index (χ1n) is 3.54. The van der Waals surface area contributed by atoms with E-state index in [4.69, 9.17) is 10.5 Å². The maximum atomic E-state index is 5.66. The van der Waals surface area contributed by atoms with Gasteiger partial charge in [-0.25, -0.2) is 0 Å². The Labute approximate surface area is 56.4 Å². The van der Waals surface area contributed by atoms with E-state index in [1.54, 1.807) is 7.11 Å². The molecular formula is C7H15NO. The van der Waals surface area contributed by atoms with Crippen LogP contribution in [0.2, 0.25) is 0 Å². The molecule has 1 aliphatic rings. The lowest BCUT2D eigenvalue weighted by molar-refractivity contribution is 0.0675. The largest absolute Gasteiger partial charge is 0.380 e. The zero-order valence-corrected chi connectivity index (χ0v) is 6.13. The average Bonchev–Trinajstić information content (AvgIpc) is 2.50. The Hall–Kier alpha value is -0.0800. The lowest BCUT2D eigenvalue weighted by atomic mass is 10.1. The third-order valence-electron chi connectivity index (χ3n) is 1.88. The molecule has 2 atom stereocenters. The van der Waals surface area contributed by atoms with Crippen molar-refractivity contribution in [1.29, 1.82) is 0 Å². The predicted octanol–water partition coefficient (Wildman–Crippen LogP) is 0.759. The van der Waals surface area contributed by atoms with Crippen molar-refractivity contribution in [1.82, 2.24) is 0 Å². The van der Waals surface area contributed by atoms with E-state index >= 15 is 0 Å². The minimum atomic E-state index is 0.197. The van der Waals surface area contributed by atoms with Crippen LogP contribution in [-0.4, -0.2) is 19.3 Å². The van der Waals surface area contributed by atoms with Gasteiger partial charge in [-0.15, -0.1) is 0 Å². The van der Waals surface area contributed by atoms with Crippen LogP contribution in [0.5, 0.6) is 0 Å². The molecule has 2 N–H and O–H groups in total. The highest BCUT2D eigenvalue weighted by atomic mass is 16.5. The molecule has 0 aromatic carbocycles. The molecule has 0 unspecified atom stereocenters. The Morgan fingerprint density at radius 1 is 1.56 bits per heavy atom. The van der Waals surface area contributed by atoms with E-state index in [1.807, 2.05) is 6.92 Å². The lowest BCUT2D eigenvalue weighted by Gasteiger charge is -2.17. The van der Waals surface area contributed by atoms with Gasteiger partial charge in [0.15, 0.2) is 0 Å². The molecule has 1 fully saturated rings. The van der Waals surface area contributed by atoms with E-state index < -0.39 is 0 Å². The molecule has 0 spiro atoms. The maximum absolute atomic E-state index is 5.66. The molecule has 0 heterocycles. The summed E-state index contributed by atoms with van der Waals surface area (Å²) < 4.78 is 5.21. The molecule has 1 rings (SSSR count). The molecule has 54 valence electrons. The van der Waals surface area contributed by atoms with Crippen molar-refractivity contribution in [3.8, 4) is 0 Å². The van der Waals surface area contributed by atoms with Crippen LogP contribution in [0.25, 0.3) is 0 Å². The van der Waals surface area contributed by atoms with Crippen molar-refractivity contribution in [2.75, 3.05) is 7.11 Å². The van der Waals surface area contributed by atoms with Gasteiger partial charge in [-0.2, -0.15) is 0 Å². The quantitative estimate of drug-likeness (QED) is 0.610. The van der Waals surface area contributed by atoms with Gasteiger partial charge in [-0.3, -0.25) is 0 Å². The Kier molecular flexibility index (Phi) is 2.09. The Morgan fingerprint density at radius 2 is 2.11 bits per heavy atom. The topological polar surface area (TPSA) is 35.2 Å². The van der Waals surface area contributed by atoms with E-state index in [0.29, 0.717) is 6.10 Å². The first kappa shape index (κ1) is 7.03. The van der Waals surface area contributed by atoms with Crippen LogP contribution in [0.3, 0.4) is 0 Å². The minimum absolute atomic E-state index is 0.197. The highest BCUT2D eigenvalue weighted by Gasteiger charge is 2.33. The van der Waals surface area contributed by atoms with Crippen LogP contribution in [0.15, 0.2) is 0 Å². The predicted molar refractivity (Wildman–Crippen MR) is 37.2 cm³/mol. The average molecular weight is 129 g/mol. The third kappa shape index (κ3) is 1.66. The van der Waals surface area contributed by atoms with Gasteiger partial charge in [-0.1, -0.05) is 0 Å². The number of methoxy groups -OCH3 is 1. The molecular weight excluding hydrogens is 114 g/mol. The van der Waals surface area contributed by atoms with Gasteiger partial charge in [-0.05, 0) is 25.7 Å². The van der Waals surface area contributed by atoms with E-state index in [-0.39, 0.29) is 6.04 Å². The molecule has 0 saturated heterocycles. The van der Waals surface area contributed by atoms with Crippen molar-refractivity contribution in [2.24, 2.45) is 11.7 Å². The smallest absolute Gasteiger partial charge is 0.0747 e. The van der Waals surface area contributed by atoms with Gasteiger partial charge in [0.2, 0.25) is 0 Å². The summed E-state index contributed by atoms with van der Waals surface area (Å²) >= 11 is 0. The van der Waals surface area contributed by atoms with Crippen LogP contribution in [0, 0.1) is 5.92 Å². The van der Waals surface area contributed by atoms with Crippen LogP contribution in [-0.2, 0) is 4.74 Å². The van der Waals surface area contributed by atoms with Gasteiger partial charge in [0.05, 0.1) is 6.10 Å². The summed E-state index contributed by atoms with van der Waals surface area (Å²) in [5, 5.41) is 0. The molecule has 0 bridgehead atoms. The van der Waals surface area contributed by atoms with Crippen molar-refractivity contribution in [3.05, 3.63) is 0 Å². The summed E-state index contributed by atoms with van der Waals surface area (Å²) in [4.78, 5) is 0. The van der Waals surface area contributed by atoms with Crippen LogP contribution in [0.4, 0.5) is 0 Å². The zero-order valence-electron chi connectivity index (χ0n) is 6.13. The van der Waals surface area contributed by atoms with Gasteiger partial charge in [0, 0.05) is 13.2 Å². The van der Waals surface area contributed by atoms with Crippen LogP contribution in [0.1, 0.15) is 19.8 Å². The molecule has 0 radical (unpaired) electrons. The van der Waals surface area contributed by atoms with Crippen molar-refractivity contribution in [3.63, 3.8) is 0 Å². The number of hydrogen-bond acceptors (Lipinski definition) is 2. The standard InChI is InChI=1S/C7H15NO/c1-5(8)7(9-2)6-3-4-6/h5-7H,3-4,8H2,1-2H3/t5-,7-/m1/s1. The fourth-order valence-corrected chi connectivity index (χ4v) is 1.26. The maximum Gasteiger partial charge on any atom is 0.0747 e. The SMILES string of the molecule is CO[C@@H](C1CC1)[C@@H](C)N. The minimum Gasteiger partial charge on any atom is -0.380 e. The van der Waals surface area contributed by atoms with E-state index in [0.717, 1.165) is 5.92 Å². The van der Waals surface area contributed by atoms with Crippen LogP contribution < -0.4 is 5.73 Å².